The number of imide groups is 1. The van der Waals surface area contributed by atoms with Gasteiger partial charge >= 0.3 is 0 Å². The Morgan fingerprint density at radius 1 is 0.870 bits per heavy atom. The number of carbonyl (C=O) groups is 4. The van der Waals surface area contributed by atoms with Gasteiger partial charge in [0, 0.05) is 37.5 Å². The first-order chi connectivity index (χ1) is 26.3. The molecule has 4 aromatic rings. The smallest absolute Gasteiger partial charge is 0.255 e. The molecule has 3 N–H and O–H groups in total. The number of aromatic hydroxyl groups is 1. The summed E-state index contributed by atoms with van der Waals surface area (Å²) in [7, 11) is 0. The summed E-state index contributed by atoms with van der Waals surface area (Å²) in [6.45, 7) is 5.79. The minimum absolute atomic E-state index is 0.0342. The highest BCUT2D eigenvalue weighted by molar-refractivity contribution is 6.05. The number of hydrogen-bond donors (Lipinski definition) is 3. The second-order valence-electron chi connectivity index (χ2n) is 14.2. The van der Waals surface area contributed by atoms with Crippen LogP contribution in [0.3, 0.4) is 0 Å². The lowest BCUT2D eigenvalue weighted by Crippen LogP contribution is -2.52. The van der Waals surface area contributed by atoms with E-state index in [4.69, 9.17) is 4.74 Å². The second kappa shape index (κ2) is 16.5. The third-order valence-electron chi connectivity index (χ3n) is 10.8. The largest absolute Gasteiger partial charge is 0.508 e. The maximum absolute atomic E-state index is 13.1. The Morgan fingerprint density at radius 2 is 1.57 bits per heavy atom. The minimum Gasteiger partial charge on any atom is -0.508 e. The van der Waals surface area contributed by atoms with E-state index in [1.54, 1.807) is 18.2 Å². The van der Waals surface area contributed by atoms with Crippen LogP contribution in [0.5, 0.6) is 11.5 Å². The molecule has 10 heteroatoms. The SMILES string of the molecule is CCC(=C(c1ccc(O)cc1)c1ccc(OCCN2CCC(C(=O)NCc3ccc4c(c3)CN(C3CCC(=O)NC3=O)C4=O)CC2)cc1)c1ccccc1. The van der Waals surface area contributed by atoms with Crippen molar-refractivity contribution in [2.45, 2.75) is 58.2 Å². The van der Waals surface area contributed by atoms with E-state index in [2.05, 4.69) is 58.9 Å². The Labute approximate surface area is 315 Å². The van der Waals surface area contributed by atoms with Gasteiger partial charge in [-0.05, 0) is 108 Å². The molecule has 0 aliphatic carbocycles. The Hall–Kier alpha value is -5.74. The minimum atomic E-state index is -0.649. The zero-order valence-corrected chi connectivity index (χ0v) is 30.6. The van der Waals surface area contributed by atoms with Crippen LogP contribution in [0.2, 0.25) is 0 Å². The van der Waals surface area contributed by atoms with Gasteiger partial charge in [0.25, 0.3) is 5.91 Å². The first-order valence-electron chi connectivity index (χ1n) is 18.8. The van der Waals surface area contributed by atoms with Crippen LogP contribution in [0, 0.1) is 5.92 Å². The van der Waals surface area contributed by atoms with Crippen LogP contribution in [0.4, 0.5) is 0 Å². The van der Waals surface area contributed by atoms with Gasteiger partial charge in [-0.2, -0.15) is 0 Å². The lowest BCUT2D eigenvalue weighted by Gasteiger charge is -2.31. The molecule has 3 aliphatic rings. The number of nitrogens with one attached hydrogen (secondary N) is 2. The molecule has 0 aromatic heterocycles. The van der Waals surface area contributed by atoms with E-state index in [1.165, 1.54) is 16.0 Å². The molecule has 4 aromatic carbocycles. The van der Waals surface area contributed by atoms with E-state index in [1.807, 2.05) is 42.5 Å². The number of amides is 4. The van der Waals surface area contributed by atoms with Crippen molar-refractivity contribution in [3.05, 3.63) is 130 Å². The summed E-state index contributed by atoms with van der Waals surface area (Å²) in [5.74, 6) is 0.0709. The number of ether oxygens (including phenoxy) is 1. The van der Waals surface area contributed by atoms with Gasteiger partial charge in [-0.3, -0.25) is 29.4 Å². The Kier molecular flexibility index (Phi) is 11.2. The highest BCUT2D eigenvalue weighted by Crippen LogP contribution is 2.36. The number of likely N-dealkylation sites (tertiary alicyclic amines) is 1. The molecule has 0 spiro atoms. The van der Waals surface area contributed by atoms with Crippen molar-refractivity contribution < 1.29 is 29.0 Å². The summed E-state index contributed by atoms with van der Waals surface area (Å²) in [5, 5.41) is 15.3. The molecule has 4 amide bonds. The first-order valence-corrected chi connectivity index (χ1v) is 18.8. The van der Waals surface area contributed by atoms with Gasteiger partial charge in [0.2, 0.25) is 17.7 Å². The fraction of sp³-hybridized carbons (Fsp3) is 0.318. The number of nitrogens with zero attached hydrogens (tertiary/aromatic N) is 2. The summed E-state index contributed by atoms with van der Waals surface area (Å²) >= 11 is 0. The maximum Gasteiger partial charge on any atom is 0.255 e. The number of fused-ring (bicyclic) bond motifs is 1. The Balaban J connectivity index is 0.876. The Morgan fingerprint density at radius 3 is 2.26 bits per heavy atom. The maximum atomic E-state index is 13.1. The predicted octanol–water partition coefficient (Wildman–Crippen LogP) is 5.93. The van der Waals surface area contributed by atoms with Crippen molar-refractivity contribution in [1.82, 2.24) is 20.4 Å². The van der Waals surface area contributed by atoms with Gasteiger partial charge in [0.1, 0.15) is 24.1 Å². The van der Waals surface area contributed by atoms with E-state index in [0.29, 0.717) is 31.7 Å². The van der Waals surface area contributed by atoms with Gasteiger partial charge in [-0.25, -0.2) is 0 Å². The molecule has 278 valence electrons. The molecule has 2 saturated heterocycles. The van der Waals surface area contributed by atoms with E-state index < -0.39 is 11.9 Å². The van der Waals surface area contributed by atoms with Gasteiger partial charge in [0.15, 0.2) is 0 Å². The molecule has 54 heavy (non-hydrogen) atoms. The fourth-order valence-corrected chi connectivity index (χ4v) is 7.81. The third-order valence-corrected chi connectivity index (χ3v) is 10.8. The summed E-state index contributed by atoms with van der Waals surface area (Å²) < 4.78 is 6.16. The number of piperidine rings is 2. The van der Waals surface area contributed by atoms with Crippen molar-refractivity contribution in [2.24, 2.45) is 5.92 Å². The summed E-state index contributed by atoms with van der Waals surface area (Å²) in [6.07, 6.45) is 2.93. The quantitative estimate of drug-likeness (QED) is 0.122. The molecule has 1 unspecified atom stereocenters. The number of benzene rings is 4. The van der Waals surface area contributed by atoms with Crippen LogP contribution in [0.25, 0.3) is 11.1 Å². The fourth-order valence-electron chi connectivity index (χ4n) is 7.81. The average Bonchev–Trinajstić information content (AvgIpc) is 3.52. The molecular formula is C44H46N4O6. The molecule has 1 atom stereocenters. The van der Waals surface area contributed by atoms with E-state index >= 15 is 0 Å². The van der Waals surface area contributed by atoms with Crippen molar-refractivity contribution in [3.8, 4) is 11.5 Å². The second-order valence-corrected chi connectivity index (χ2v) is 14.2. The summed E-state index contributed by atoms with van der Waals surface area (Å²) in [6, 6.07) is 30.9. The molecule has 2 fully saturated rings. The normalized spacial score (nSPS) is 18.2. The third kappa shape index (κ3) is 8.24. The van der Waals surface area contributed by atoms with Crippen LogP contribution in [0.1, 0.15) is 77.2 Å². The van der Waals surface area contributed by atoms with Crippen molar-refractivity contribution >= 4 is 34.8 Å². The Bertz CT molecular complexity index is 2040. The van der Waals surface area contributed by atoms with Crippen LogP contribution in [0.15, 0.2) is 97.1 Å². The number of carbonyl (C=O) groups excluding carboxylic acids is 4. The average molecular weight is 727 g/mol. The van der Waals surface area contributed by atoms with Gasteiger partial charge in [0.05, 0.1) is 0 Å². The van der Waals surface area contributed by atoms with Crippen LogP contribution in [-0.2, 0) is 27.5 Å². The van der Waals surface area contributed by atoms with Crippen LogP contribution >= 0.6 is 0 Å². The van der Waals surface area contributed by atoms with Gasteiger partial charge < -0.3 is 20.1 Å². The number of phenolic OH excluding ortho intramolecular Hbond substituents is 1. The molecule has 10 nitrogen and oxygen atoms in total. The molecule has 3 aliphatic heterocycles. The van der Waals surface area contributed by atoms with Crippen molar-refractivity contribution in [2.75, 3.05) is 26.2 Å². The molecule has 0 bridgehead atoms. The van der Waals surface area contributed by atoms with Crippen molar-refractivity contribution in [1.29, 1.82) is 0 Å². The highest BCUT2D eigenvalue weighted by atomic mass is 16.5. The van der Waals surface area contributed by atoms with E-state index in [-0.39, 0.29) is 35.8 Å². The molecule has 7 rings (SSSR count). The molecular weight excluding hydrogens is 681 g/mol. The zero-order valence-electron chi connectivity index (χ0n) is 30.6. The number of allylic oxidation sites excluding steroid dienone is 1. The highest BCUT2D eigenvalue weighted by Gasteiger charge is 2.39. The monoisotopic (exact) mass is 726 g/mol. The lowest BCUT2D eigenvalue weighted by atomic mass is 9.88. The summed E-state index contributed by atoms with van der Waals surface area (Å²) in [5.41, 5.74) is 7.94. The molecule has 0 radical (unpaired) electrons. The number of hydrogen-bond acceptors (Lipinski definition) is 7. The number of phenols is 1. The lowest BCUT2D eigenvalue weighted by molar-refractivity contribution is -0.137. The van der Waals surface area contributed by atoms with E-state index in [9.17, 15) is 24.3 Å². The molecule has 0 saturated carbocycles. The van der Waals surface area contributed by atoms with Gasteiger partial charge in [-0.15, -0.1) is 0 Å². The van der Waals surface area contributed by atoms with Crippen molar-refractivity contribution in [3.63, 3.8) is 0 Å². The predicted molar refractivity (Wildman–Crippen MR) is 206 cm³/mol. The molecule has 3 heterocycles. The first kappa shape index (κ1) is 36.6. The number of rotatable bonds is 12. The van der Waals surface area contributed by atoms with Crippen LogP contribution < -0.4 is 15.4 Å². The van der Waals surface area contributed by atoms with E-state index in [0.717, 1.165) is 72.5 Å². The van der Waals surface area contributed by atoms with Crippen LogP contribution in [-0.4, -0.2) is 70.8 Å². The topological polar surface area (TPSA) is 128 Å². The standard InChI is InChI=1S/C44H46N4O6/c1-2-37(30-6-4-3-5-7-30)41(31-9-13-35(49)14-10-31)32-11-15-36(16-12-32)54-25-24-47-22-20-33(21-23-47)42(51)45-27-29-8-17-38-34(26-29)28-48(44(38)53)39-18-19-40(50)46-43(39)52/h3-17,26,33,39,49H,2,18-25,27-28H2,1H3,(H,45,51)(H,46,50,52). The summed E-state index contributed by atoms with van der Waals surface area (Å²) in [4.78, 5) is 53.9. The van der Waals surface area contributed by atoms with Gasteiger partial charge in [-0.1, -0.05) is 73.7 Å². The zero-order chi connectivity index (χ0) is 37.6.